The number of rotatable bonds is 4. The van der Waals surface area contributed by atoms with E-state index in [0.717, 1.165) is 0 Å². The van der Waals surface area contributed by atoms with Gasteiger partial charge in [-0.1, -0.05) is 110 Å². The highest BCUT2D eigenvalue weighted by Crippen LogP contribution is 2.53. The molecule has 0 fully saturated rings. The molecule has 0 N–H and O–H groups in total. The molecule has 1 aliphatic carbocycles. The van der Waals surface area contributed by atoms with Gasteiger partial charge in [-0.15, -0.1) is 0 Å². The normalized spacial score (nSPS) is 15.6. The van der Waals surface area contributed by atoms with Crippen LogP contribution in [-0.2, 0) is 0 Å². The third kappa shape index (κ3) is 3.01. The standard InChI is InChI=1S/C22H28Si2/c1-23(2,3)21-19(17-13-9-7-10-14-17)20(22(21)24(4,5)6)18-15-11-8-12-16-18/h7-16H,1-6H3. The Bertz CT molecular complexity index is 729. The molecule has 0 aliphatic heterocycles. The first-order valence-corrected chi connectivity index (χ1v) is 15.8. The maximum Gasteiger partial charge on any atom is 0.0783 e. The van der Waals surface area contributed by atoms with E-state index in [1.807, 2.05) is 0 Å². The summed E-state index contributed by atoms with van der Waals surface area (Å²) in [6.45, 7) is 15.0. The first-order chi connectivity index (χ1) is 11.2. The van der Waals surface area contributed by atoms with Gasteiger partial charge in [0.25, 0.3) is 0 Å². The van der Waals surface area contributed by atoms with Crippen molar-refractivity contribution in [2.45, 2.75) is 39.3 Å². The average Bonchev–Trinajstić information content (AvgIpc) is 2.45. The zero-order valence-electron chi connectivity index (χ0n) is 15.8. The maximum absolute atomic E-state index is 2.49. The first-order valence-electron chi connectivity index (χ1n) is 8.82. The molecule has 0 heterocycles. The van der Waals surface area contributed by atoms with E-state index in [4.69, 9.17) is 0 Å². The Morgan fingerprint density at radius 2 is 0.750 bits per heavy atom. The van der Waals surface area contributed by atoms with Gasteiger partial charge < -0.3 is 0 Å². The van der Waals surface area contributed by atoms with Crippen LogP contribution in [0.2, 0.25) is 39.3 Å². The number of hydrogen-bond donors (Lipinski definition) is 0. The van der Waals surface area contributed by atoms with Crippen molar-refractivity contribution in [1.29, 1.82) is 0 Å². The number of benzene rings is 2. The van der Waals surface area contributed by atoms with E-state index >= 15 is 0 Å². The molecule has 0 saturated carbocycles. The van der Waals surface area contributed by atoms with Crippen molar-refractivity contribution in [3.8, 4) is 0 Å². The van der Waals surface area contributed by atoms with Gasteiger partial charge in [-0.3, -0.25) is 0 Å². The lowest BCUT2D eigenvalue weighted by molar-refractivity contribution is 1.45. The number of hydrogen-bond acceptors (Lipinski definition) is 0. The van der Waals surface area contributed by atoms with E-state index in [0.29, 0.717) is 0 Å². The van der Waals surface area contributed by atoms with Gasteiger partial charge >= 0.3 is 0 Å². The maximum atomic E-state index is 2.49. The van der Waals surface area contributed by atoms with E-state index in [9.17, 15) is 0 Å². The highest BCUT2D eigenvalue weighted by atomic mass is 28.3. The van der Waals surface area contributed by atoms with Gasteiger partial charge in [-0.25, -0.2) is 0 Å². The van der Waals surface area contributed by atoms with Crippen molar-refractivity contribution < 1.29 is 0 Å². The van der Waals surface area contributed by atoms with Crippen LogP contribution in [0.1, 0.15) is 11.1 Å². The summed E-state index contributed by atoms with van der Waals surface area (Å²) < 4.78 is 0. The van der Waals surface area contributed by atoms with E-state index < -0.39 is 16.1 Å². The molecule has 0 nitrogen and oxygen atoms in total. The van der Waals surface area contributed by atoms with Crippen LogP contribution in [0.4, 0.5) is 0 Å². The Morgan fingerprint density at radius 1 is 0.458 bits per heavy atom. The third-order valence-corrected chi connectivity index (χ3v) is 8.87. The summed E-state index contributed by atoms with van der Waals surface area (Å²) >= 11 is 0. The summed E-state index contributed by atoms with van der Waals surface area (Å²) in [5.41, 5.74) is 5.82. The van der Waals surface area contributed by atoms with E-state index in [2.05, 4.69) is 99.9 Å². The lowest BCUT2D eigenvalue weighted by atomic mass is 9.86. The fourth-order valence-electron chi connectivity index (χ4n) is 3.72. The molecule has 0 bridgehead atoms. The number of allylic oxidation sites excluding steroid dienone is 4. The minimum atomic E-state index is -1.41. The SMILES string of the molecule is C[Si](C)(C)C1=C([Si](C)(C)C)C(c2ccccc2)=C1c1ccccc1. The van der Waals surface area contributed by atoms with E-state index in [1.165, 1.54) is 22.3 Å². The fourth-order valence-corrected chi connectivity index (χ4v) is 9.76. The lowest BCUT2D eigenvalue weighted by Gasteiger charge is -2.43. The molecule has 1 aliphatic rings. The average molecular weight is 349 g/mol. The smallest absolute Gasteiger partial charge is 0.0656 e. The van der Waals surface area contributed by atoms with Gasteiger partial charge in [-0.05, 0) is 22.3 Å². The topological polar surface area (TPSA) is 0 Å². The summed E-state index contributed by atoms with van der Waals surface area (Å²) in [6, 6.07) is 22.0. The van der Waals surface area contributed by atoms with Crippen molar-refractivity contribution in [3.63, 3.8) is 0 Å². The molecule has 24 heavy (non-hydrogen) atoms. The summed E-state index contributed by atoms with van der Waals surface area (Å²) in [5.74, 6) is 0. The van der Waals surface area contributed by atoms with Crippen LogP contribution in [0.3, 0.4) is 0 Å². The first kappa shape index (κ1) is 17.2. The zero-order valence-corrected chi connectivity index (χ0v) is 17.8. The van der Waals surface area contributed by atoms with E-state index in [1.54, 1.807) is 10.4 Å². The molecular formula is C22H28Si2. The van der Waals surface area contributed by atoms with Crippen LogP contribution in [0.5, 0.6) is 0 Å². The molecule has 2 aromatic carbocycles. The molecule has 0 unspecified atom stereocenters. The molecule has 3 rings (SSSR count). The Balaban J connectivity index is 2.29. The van der Waals surface area contributed by atoms with Crippen molar-refractivity contribution in [2.24, 2.45) is 0 Å². The molecule has 0 amide bonds. The quantitative estimate of drug-likeness (QED) is 0.542. The van der Waals surface area contributed by atoms with Crippen LogP contribution in [0.15, 0.2) is 71.1 Å². The Kier molecular flexibility index (Phi) is 4.31. The van der Waals surface area contributed by atoms with Gasteiger partial charge in [0.15, 0.2) is 0 Å². The molecule has 0 saturated heterocycles. The van der Waals surface area contributed by atoms with Crippen molar-refractivity contribution >= 4 is 27.3 Å². The molecule has 0 atom stereocenters. The largest absolute Gasteiger partial charge is 0.0783 e. The van der Waals surface area contributed by atoms with Gasteiger partial charge in [-0.2, -0.15) is 0 Å². The second-order valence-corrected chi connectivity index (χ2v) is 18.7. The summed E-state index contributed by atoms with van der Waals surface area (Å²) in [7, 11) is -2.82. The van der Waals surface area contributed by atoms with Crippen LogP contribution in [0.25, 0.3) is 11.1 Å². The van der Waals surface area contributed by atoms with Gasteiger partial charge in [0.05, 0.1) is 16.1 Å². The highest BCUT2D eigenvalue weighted by molar-refractivity contribution is 6.94. The van der Waals surface area contributed by atoms with Gasteiger partial charge in [0, 0.05) is 0 Å². The third-order valence-electron chi connectivity index (χ3n) is 4.62. The summed E-state index contributed by atoms with van der Waals surface area (Å²) in [4.78, 5) is 0. The van der Waals surface area contributed by atoms with Crippen LogP contribution in [-0.4, -0.2) is 16.1 Å². The molecule has 2 aromatic rings. The monoisotopic (exact) mass is 348 g/mol. The van der Waals surface area contributed by atoms with Crippen LogP contribution >= 0.6 is 0 Å². The second kappa shape index (κ2) is 6.01. The summed E-state index contributed by atoms with van der Waals surface area (Å²) in [5, 5.41) is 3.43. The van der Waals surface area contributed by atoms with Crippen LogP contribution < -0.4 is 0 Å². The minimum Gasteiger partial charge on any atom is -0.0656 e. The molecule has 0 radical (unpaired) electrons. The Hall–Kier alpha value is -1.65. The van der Waals surface area contributed by atoms with E-state index in [-0.39, 0.29) is 0 Å². The van der Waals surface area contributed by atoms with Crippen molar-refractivity contribution in [1.82, 2.24) is 0 Å². The van der Waals surface area contributed by atoms with Gasteiger partial charge in [0.1, 0.15) is 0 Å². The Labute approximate surface area is 149 Å². The summed E-state index contributed by atoms with van der Waals surface area (Å²) in [6.07, 6.45) is 0. The van der Waals surface area contributed by atoms with Crippen molar-refractivity contribution in [3.05, 3.63) is 82.2 Å². The van der Waals surface area contributed by atoms with Crippen molar-refractivity contribution in [2.75, 3.05) is 0 Å². The molecule has 124 valence electrons. The lowest BCUT2D eigenvalue weighted by Crippen LogP contribution is -2.40. The second-order valence-electron chi connectivity index (χ2n) is 8.73. The Morgan fingerprint density at radius 3 is 1.00 bits per heavy atom. The molecule has 0 aromatic heterocycles. The minimum absolute atomic E-state index is 1.38. The molecule has 0 spiro atoms. The zero-order chi connectivity index (χ0) is 17.5. The molecule has 2 heteroatoms. The fraction of sp³-hybridized carbons (Fsp3) is 0.273. The predicted molar refractivity (Wildman–Crippen MR) is 113 cm³/mol. The van der Waals surface area contributed by atoms with Gasteiger partial charge in [0.2, 0.25) is 0 Å². The highest BCUT2D eigenvalue weighted by Gasteiger charge is 2.42. The predicted octanol–water partition coefficient (Wildman–Crippen LogP) is 6.66. The molecular weight excluding hydrogens is 320 g/mol. The van der Waals surface area contributed by atoms with Crippen LogP contribution in [0, 0.1) is 0 Å².